The van der Waals surface area contributed by atoms with Gasteiger partial charge >= 0.3 is 0 Å². The zero-order valence-corrected chi connectivity index (χ0v) is 15.3. The van der Waals surface area contributed by atoms with E-state index in [0.29, 0.717) is 23.5 Å². The number of rotatable bonds is 5. The summed E-state index contributed by atoms with van der Waals surface area (Å²) in [6, 6.07) is 14.3. The molecule has 0 spiro atoms. The first kappa shape index (κ1) is 18.0. The summed E-state index contributed by atoms with van der Waals surface area (Å²) in [7, 11) is -2.25. The Kier molecular flexibility index (Phi) is 5.01. The molecule has 0 aliphatic rings. The molecule has 6 nitrogen and oxygen atoms in total. The lowest BCUT2D eigenvalue weighted by Crippen LogP contribution is -2.14. The normalized spacial score (nSPS) is 11.3. The Morgan fingerprint density at radius 2 is 1.88 bits per heavy atom. The lowest BCUT2D eigenvalue weighted by molar-refractivity contribution is 0.410. The average Bonchev–Trinajstić information content (AvgIpc) is 2.61. The molecule has 0 bridgehead atoms. The number of para-hydroxylation sites is 1. The van der Waals surface area contributed by atoms with E-state index in [0.717, 1.165) is 16.9 Å². The number of sulfonamides is 1. The van der Waals surface area contributed by atoms with Gasteiger partial charge in [0.2, 0.25) is 10.0 Å². The second kappa shape index (κ2) is 7.23. The van der Waals surface area contributed by atoms with Crippen LogP contribution < -0.4 is 9.88 Å². The predicted octanol–water partition coefficient (Wildman–Crippen LogP) is 2.70. The number of ether oxygens (including phenoxy) is 1. The number of hydrogen-bond donors (Lipinski definition) is 1. The van der Waals surface area contributed by atoms with E-state index in [2.05, 4.69) is 9.97 Å². The van der Waals surface area contributed by atoms with E-state index in [9.17, 15) is 8.42 Å². The van der Waals surface area contributed by atoms with Gasteiger partial charge in [0.1, 0.15) is 11.6 Å². The molecule has 0 aliphatic heterocycles. The number of methoxy groups -OCH3 is 1. The maximum Gasteiger partial charge on any atom is 0.238 e. The van der Waals surface area contributed by atoms with Crippen LogP contribution in [0.5, 0.6) is 5.75 Å². The second-order valence-electron chi connectivity index (χ2n) is 5.89. The van der Waals surface area contributed by atoms with E-state index in [4.69, 9.17) is 9.88 Å². The number of aromatic nitrogens is 2. The smallest absolute Gasteiger partial charge is 0.238 e. The van der Waals surface area contributed by atoms with Gasteiger partial charge in [0, 0.05) is 23.7 Å². The molecule has 0 fully saturated rings. The summed E-state index contributed by atoms with van der Waals surface area (Å²) in [4.78, 5) is 8.89. The van der Waals surface area contributed by atoms with E-state index >= 15 is 0 Å². The molecule has 26 heavy (non-hydrogen) atoms. The fraction of sp³-hybridized carbons (Fsp3) is 0.158. The van der Waals surface area contributed by atoms with Crippen molar-refractivity contribution < 1.29 is 13.2 Å². The minimum Gasteiger partial charge on any atom is -0.496 e. The van der Waals surface area contributed by atoms with Gasteiger partial charge in [-0.15, -0.1) is 0 Å². The van der Waals surface area contributed by atoms with Crippen molar-refractivity contribution in [3.05, 3.63) is 71.7 Å². The van der Waals surface area contributed by atoms with Gasteiger partial charge in [-0.2, -0.15) is 0 Å². The summed E-state index contributed by atoms with van der Waals surface area (Å²) in [5, 5.41) is 5.36. The molecule has 0 radical (unpaired) electrons. The van der Waals surface area contributed by atoms with Crippen LogP contribution in [0, 0.1) is 6.92 Å². The molecule has 0 atom stereocenters. The summed E-state index contributed by atoms with van der Waals surface area (Å²) >= 11 is 0. The van der Waals surface area contributed by atoms with Gasteiger partial charge in [-0.3, -0.25) is 0 Å². The first-order chi connectivity index (χ1) is 12.4. The zero-order valence-electron chi connectivity index (χ0n) is 14.5. The molecule has 134 valence electrons. The minimum atomic E-state index is -3.86. The molecule has 3 aromatic rings. The topological polar surface area (TPSA) is 95.2 Å². The highest BCUT2D eigenvalue weighted by Crippen LogP contribution is 2.27. The quantitative estimate of drug-likeness (QED) is 0.746. The number of aryl methyl sites for hydroxylation is 1. The summed E-state index contributed by atoms with van der Waals surface area (Å²) in [6.45, 7) is 1.88. The van der Waals surface area contributed by atoms with Crippen LogP contribution in [0.1, 0.15) is 17.0 Å². The van der Waals surface area contributed by atoms with Gasteiger partial charge < -0.3 is 4.74 Å². The first-order valence-corrected chi connectivity index (χ1v) is 9.51. The molecule has 1 aromatic heterocycles. The minimum absolute atomic E-state index is 0.0463. The number of nitrogens with two attached hydrogens (primary N) is 1. The number of nitrogens with zero attached hydrogens (tertiary/aromatic N) is 2. The predicted molar refractivity (Wildman–Crippen MR) is 99.4 cm³/mol. The Morgan fingerprint density at radius 1 is 1.12 bits per heavy atom. The SMILES string of the molecule is COc1ccccc1Cc1nccc(-c2cc(C)ccc2S(N)(=O)=O)n1. The maximum atomic E-state index is 11.9. The number of benzene rings is 2. The fourth-order valence-electron chi connectivity index (χ4n) is 2.75. The summed E-state index contributed by atoms with van der Waals surface area (Å²) in [5.41, 5.74) is 2.84. The van der Waals surface area contributed by atoms with Gasteiger partial charge in [-0.25, -0.2) is 23.5 Å². The highest BCUT2D eigenvalue weighted by atomic mass is 32.2. The molecule has 1 heterocycles. The van der Waals surface area contributed by atoms with E-state index in [1.54, 1.807) is 31.5 Å². The van der Waals surface area contributed by atoms with Crippen LogP contribution in [0.25, 0.3) is 11.3 Å². The molecular weight excluding hydrogens is 350 g/mol. The highest BCUT2D eigenvalue weighted by Gasteiger charge is 2.17. The Balaban J connectivity index is 2.05. The monoisotopic (exact) mass is 369 g/mol. The summed E-state index contributed by atoms with van der Waals surface area (Å²) in [5.74, 6) is 1.32. The van der Waals surface area contributed by atoms with Crippen molar-refractivity contribution in [1.82, 2.24) is 9.97 Å². The van der Waals surface area contributed by atoms with Crippen LogP contribution in [0.2, 0.25) is 0 Å². The van der Waals surface area contributed by atoms with Crippen LogP contribution in [-0.2, 0) is 16.4 Å². The van der Waals surface area contributed by atoms with Gasteiger partial charge in [0.25, 0.3) is 0 Å². The molecule has 2 aromatic carbocycles. The van der Waals surface area contributed by atoms with Gasteiger partial charge in [0.15, 0.2) is 0 Å². The van der Waals surface area contributed by atoms with Crippen LogP contribution >= 0.6 is 0 Å². The lowest BCUT2D eigenvalue weighted by Gasteiger charge is -2.11. The molecule has 0 aliphatic carbocycles. The fourth-order valence-corrected chi connectivity index (χ4v) is 3.47. The first-order valence-electron chi connectivity index (χ1n) is 7.96. The molecular formula is C19H19N3O3S. The van der Waals surface area contributed by atoms with Crippen LogP contribution in [-0.4, -0.2) is 25.5 Å². The summed E-state index contributed by atoms with van der Waals surface area (Å²) < 4.78 is 29.2. The maximum absolute atomic E-state index is 11.9. The van der Waals surface area contributed by atoms with E-state index in [1.807, 2.05) is 31.2 Å². The zero-order chi connectivity index (χ0) is 18.7. The number of hydrogen-bond acceptors (Lipinski definition) is 5. The Bertz CT molecular complexity index is 1050. The van der Waals surface area contributed by atoms with Crippen molar-refractivity contribution >= 4 is 10.0 Å². The lowest BCUT2D eigenvalue weighted by atomic mass is 10.1. The largest absolute Gasteiger partial charge is 0.496 e. The molecule has 2 N–H and O–H groups in total. The van der Waals surface area contributed by atoms with Gasteiger partial charge in [-0.1, -0.05) is 29.8 Å². The highest BCUT2D eigenvalue weighted by molar-refractivity contribution is 7.89. The third kappa shape index (κ3) is 3.89. The van der Waals surface area contributed by atoms with Crippen molar-refractivity contribution in [2.24, 2.45) is 5.14 Å². The molecule has 0 saturated heterocycles. The molecule has 3 rings (SSSR count). The van der Waals surface area contributed by atoms with Crippen molar-refractivity contribution in [3.63, 3.8) is 0 Å². The van der Waals surface area contributed by atoms with E-state index in [1.165, 1.54) is 6.07 Å². The molecule has 0 amide bonds. The van der Waals surface area contributed by atoms with Gasteiger partial charge in [0.05, 0.1) is 17.7 Å². The molecule has 0 saturated carbocycles. The van der Waals surface area contributed by atoms with Crippen molar-refractivity contribution in [1.29, 1.82) is 0 Å². The third-order valence-electron chi connectivity index (χ3n) is 3.96. The van der Waals surface area contributed by atoms with E-state index in [-0.39, 0.29) is 4.90 Å². The Morgan fingerprint density at radius 3 is 2.62 bits per heavy atom. The van der Waals surface area contributed by atoms with Crippen LogP contribution in [0.15, 0.2) is 59.6 Å². The van der Waals surface area contributed by atoms with Crippen molar-refractivity contribution in [2.45, 2.75) is 18.2 Å². The van der Waals surface area contributed by atoms with E-state index < -0.39 is 10.0 Å². The third-order valence-corrected chi connectivity index (χ3v) is 4.93. The Labute approximate surface area is 152 Å². The second-order valence-corrected chi connectivity index (χ2v) is 7.42. The van der Waals surface area contributed by atoms with Gasteiger partial charge in [-0.05, 0) is 31.2 Å². The summed E-state index contributed by atoms with van der Waals surface area (Å²) in [6.07, 6.45) is 2.08. The van der Waals surface area contributed by atoms with Crippen molar-refractivity contribution in [3.8, 4) is 17.0 Å². The number of primary sulfonamides is 1. The molecule has 7 heteroatoms. The molecule has 0 unspecified atom stereocenters. The van der Waals surface area contributed by atoms with Crippen molar-refractivity contribution in [2.75, 3.05) is 7.11 Å². The van der Waals surface area contributed by atoms with Crippen LogP contribution in [0.3, 0.4) is 0 Å². The average molecular weight is 369 g/mol. The standard InChI is InChI=1S/C19H19N3O3S/c1-13-7-8-18(26(20,23)24)15(11-13)16-9-10-21-19(22-16)12-14-5-3-4-6-17(14)25-2/h3-11H,12H2,1-2H3,(H2,20,23,24). The Hall–Kier alpha value is -2.77. The van der Waals surface area contributed by atoms with Crippen LogP contribution in [0.4, 0.5) is 0 Å².